The van der Waals surface area contributed by atoms with Gasteiger partial charge >= 0.3 is 0 Å². The van der Waals surface area contributed by atoms with Crippen molar-refractivity contribution in [2.75, 3.05) is 0 Å². The third-order valence-corrected chi connectivity index (χ3v) is 3.22. The van der Waals surface area contributed by atoms with E-state index in [9.17, 15) is 0 Å². The molecular formula is C10H12OS. The normalized spacial score (nSPS) is 11.7. The van der Waals surface area contributed by atoms with Crippen LogP contribution in [0.1, 0.15) is 30.9 Å². The van der Waals surface area contributed by atoms with Crippen molar-refractivity contribution < 1.29 is 4.42 Å². The first kappa shape index (κ1) is 7.87. The second-order valence-electron chi connectivity index (χ2n) is 3.42. The summed E-state index contributed by atoms with van der Waals surface area (Å²) in [5.74, 6) is 0.560. The predicted molar refractivity (Wildman–Crippen MR) is 52.9 cm³/mol. The van der Waals surface area contributed by atoms with Crippen LogP contribution in [-0.4, -0.2) is 0 Å². The molecule has 0 spiro atoms. The quantitative estimate of drug-likeness (QED) is 0.648. The zero-order valence-corrected chi connectivity index (χ0v) is 8.37. The molecule has 0 aromatic carbocycles. The molecule has 0 N–H and O–H groups in total. The van der Waals surface area contributed by atoms with Gasteiger partial charge in [-0.3, -0.25) is 0 Å². The Morgan fingerprint density at radius 1 is 1.42 bits per heavy atom. The summed E-state index contributed by atoms with van der Waals surface area (Å²) < 4.78 is 6.80. The van der Waals surface area contributed by atoms with Crippen molar-refractivity contribution in [3.8, 4) is 0 Å². The zero-order chi connectivity index (χ0) is 8.72. The molecule has 2 heteroatoms. The molecule has 0 fully saturated rings. The molecule has 2 aromatic heterocycles. The van der Waals surface area contributed by atoms with Crippen LogP contribution in [0.15, 0.2) is 16.1 Å². The maximum atomic E-state index is 5.49. The maximum Gasteiger partial charge on any atom is 0.148 e. The molecule has 0 aliphatic heterocycles. The highest BCUT2D eigenvalue weighted by Crippen LogP contribution is 2.34. The minimum Gasteiger partial charge on any atom is -0.463 e. The van der Waals surface area contributed by atoms with Crippen LogP contribution in [0.3, 0.4) is 0 Å². The van der Waals surface area contributed by atoms with Gasteiger partial charge in [0, 0.05) is 11.1 Å². The average molecular weight is 180 g/mol. The number of fused-ring (bicyclic) bond motifs is 1. The van der Waals surface area contributed by atoms with Gasteiger partial charge in [0.2, 0.25) is 0 Å². The van der Waals surface area contributed by atoms with Crippen molar-refractivity contribution in [1.29, 1.82) is 0 Å². The monoisotopic (exact) mass is 180 g/mol. The van der Waals surface area contributed by atoms with E-state index in [1.54, 1.807) is 11.3 Å². The number of rotatable bonds is 1. The summed E-state index contributed by atoms with van der Waals surface area (Å²) in [6.07, 6.45) is 1.84. The van der Waals surface area contributed by atoms with Gasteiger partial charge in [-0.15, -0.1) is 11.3 Å². The lowest BCUT2D eigenvalue weighted by Crippen LogP contribution is -1.81. The van der Waals surface area contributed by atoms with Crippen molar-refractivity contribution in [2.45, 2.75) is 26.7 Å². The molecule has 2 rings (SSSR count). The topological polar surface area (TPSA) is 13.1 Å². The van der Waals surface area contributed by atoms with Crippen molar-refractivity contribution >= 4 is 21.6 Å². The number of hydrogen-bond acceptors (Lipinski definition) is 2. The fourth-order valence-corrected chi connectivity index (χ4v) is 2.48. The molecule has 0 bridgehead atoms. The molecule has 0 radical (unpaired) electrons. The van der Waals surface area contributed by atoms with Crippen LogP contribution >= 0.6 is 11.3 Å². The average Bonchev–Trinajstić information content (AvgIpc) is 2.53. The summed E-state index contributed by atoms with van der Waals surface area (Å²) in [6, 6.07) is 0. The van der Waals surface area contributed by atoms with E-state index in [2.05, 4.69) is 26.2 Å². The van der Waals surface area contributed by atoms with E-state index in [4.69, 9.17) is 4.42 Å². The van der Waals surface area contributed by atoms with Gasteiger partial charge in [0.1, 0.15) is 5.58 Å². The van der Waals surface area contributed by atoms with Crippen LogP contribution in [0.25, 0.3) is 10.3 Å². The molecule has 0 amide bonds. The Hall–Kier alpha value is -0.760. The molecule has 2 heterocycles. The summed E-state index contributed by atoms with van der Waals surface area (Å²) >= 11 is 1.78. The van der Waals surface area contributed by atoms with Crippen LogP contribution in [-0.2, 0) is 0 Å². The molecule has 0 saturated heterocycles. The molecule has 1 nitrogen and oxygen atoms in total. The van der Waals surface area contributed by atoms with E-state index >= 15 is 0 Å². The Morgan fingerprint density at radius 2 is 2.17 bits per heavy atom. The molecule has 0 aliphatic carbocycles. The summed E-state index contributed by atoms with van der Waals surface area (Å²) in [5.41, 5.74) is 3.68. The first-order valence-electron chi connectivity index (χ1n) is 4.15. The zero-order valence-electron chi connectivity index (χ0n) is 7.55. The number of thiophene rings is 1. The van der Waals surface area contributed by atoms with E-state index in [1.807, 2.05) is 6.26 Å². The Kier molecular flexibility index (Phi) is 1.72. The SMILES string of the molecule is Cc1coc2c(C(C)C)csc12. The molecule has 64 valence electrons. The van der Waals surface area contributed by atoms with Gasteiger partial charge < -0.3 is 4.42 Å². The van der Waals surface area contributed by atoms with E-state index in [1.165, 1.54) is 15.8 Å². The predicted octanol–water partition coefficient (Wildman–Crippen LogP) is 3.93. The largest absolute Gasteiger partial charge is 0.463 e. The number of aryl methyl sites for hydroxylation is 1. The van der Waals surface area contributed by atoms with Crippen LogP contribution in [0, 0.1) is 6.92 Å². The summed E-state index contributed by atoms with van der Waals surface area (Å²) in [5, 5.41) is 2.20. The molecular weight excluding hydrogens is 168 g/mol. The minimum atomic E-state index is 0.560. The van der Waals surface area contributed by atoms with Crippen molar-refractivity contribution in [3.05, 3.63) is 22.8 Å². The second kappa shape index (κ2) is 2.63. The van der Waals surface area contributed by atoms with E-state index in [-0.39, 0.29) is 0 Å². The van der Waals surface area contributed by atoms with Gasteiger partial charge in [0.25, 0.3) is 0 Å². The van der Waals surface area contributed by atoms with Gasteiger partial charge in [-0.2, -0.15) is 0 Å². The first-order chi connectivity index (χ1) is 5.70. The fourth-order valence-electron chi connectivity index (χ4n) is 1.35. The molecule has 0 atom stereocenters. The van der Waals surface area contributed by atoms with Crippen molar-refractivity contribution in [3.63, 3.8) is 0 Å². The Bertz CT molecular complexity index is 395. The Balaban J connectivity index is 2.71. The first-order valence-corrected chi connectivity index (χ1v) is 5.03. The lowest BCUT2D eigenvalue weighted by Gasteiger charge is -1.97. The van der Waals surface area contributed by atoms with Crippen LogP contribution in [0.5, 0.6) is 0 Å². The lowest BCUT2D eigenvalue weighted by atomic mass is 10.1. The van der Waals surface area contributed by atoms with Crippen LogP contribution in [0.2, 0.25) is 0 Å². The van der Waals surface area contributed by atoms with Gasteiger partial charge in [-0.1, -0.05) is 13.8 Å². The summed E-state index contributed by atoms with van der Waals surface area (Å²) in [7, 11) is 0. The maximum absolute atomic E-state index is 5.49. The van der Waals surface area contributed by atoms with Crippen molar-refractivity contribution in [1.82, 2.24) is 0 Å². The highest BCUT2D eigenvalue weighted by Gasteiger charge is 2.11. The standard InChI is InChI=1S/C10H12OS/c1-6(2)8-5-12-10-7(3)4-11-9(8)10/h4-6H,1-3H3. The minimum absolute atomic E-state index is 0.560. The Morgan fingerprint density at radius 3 is 2.83 bits per heavy atom. The van der Waals surface area contributed by atoms with Crippen molar-refractivity contribution in [2.24, 2.45) is 0 Å². The second-order valence-corrected chi connectivity index (χ2v) is 4.30. The highest BCUT2D eigenvalue weighted by atomic mass is 32.1. The molecule has 2 aromatic rings. The van der Waals surface area contributed by atoms with Crippen LogP contribution < -0.4 is 0 Å². The van der Waals surface area contributed by atoms with Gasteiger partial charge in [-0.05, 0) is 18.2 Å². The molecule has 0 saturated carbocycles. The number of furan rings is 1. The number of hydrogen-bond donors (Lipinski definition) is 0. The third kappa shape index (κ3) is 0.985. The molecule has 0 aliphatic rings. The highest BCUT2D eigenvalue weighted by molar-refractivity contribution is 7.17. The van der Waals surface area contributed by atoms with E-state index < -0.39 is 0 Å². The third-order valence-electron chi connectivity index (χ3n) is 2.11. The van der Waals surface area contributed by atoms with Gasteiger partial charge in [0.15, 0.2) is 0 Å². The summed E-state index contributed by atoms with van der Waals surface area (Å²) in [4.78, 5) is 0. The van der Waals surface area contributed by atoms with Gasteiger partial charge in [0.05, 0.1) is 11.0 Å². The summed E-state index contributed by atoms with van der Waals surface area (Å²) in [6.45, 7) is 6.48. The molecule has 0 unspecified atom stereocenters. The molecule has 12 heavy (non-hydrogen) atoms. The van der Waals surface area contributed by atoms with E-state index in [0.717, 1.165) is 5.58 Å². The lowest BCUT2D eigenvalue weighted by molar-refractivity contribution is 0.605. The van der Waals surface area contributed by atoms with E-state index in [0.29, 0.717) is 5.92 Å². The van der Waals surface area contributed by atoms with Crippen LogP contribution in [0.4, 0.5) is 0 Å². The smallest absolute Gasteiger partial charge is 0.148 e. The fraction of sp³-hybridized carbons (Fsp3) is 0.400. The Labute approximate surface area is 76.0 Å². The van der Waals surface area contributed by atoms with Gasteiger partial charge in [-0.25, -0.2) is 0 Å².